The monoisotopic (exact) mass is 497 g/mol. The molecule has 3 aromatic carbocycles. The molecule has 5 rings (SSSR count). The van der Waals surface area contributed by atoms with Crippen molar-refractivity contribution in [2.75, 3.05) is 0 Å². The lowest BCUT2D eigenvalue weighted by atomic mass is 9.80. The van der Waals surface area contributed by atoms with E-state index in [1.54, 1.807) is 23.1 Å². The first-order valence-corrected chi connectivity index (χ1v) is 12.8. The number of rotatable bonds is 6. The lowest BCUT2D eigenvalue weighted by Gasteiger charge is -2.37. The minimum atomic E-state index is -0.727. The Morgan fingerprint density at radius 2 is 1.78 bits per heavy atom. The average Bonchev–Trinajstić information content (AvgIpc) is 2.91. The maximum absolute atomic E-state index is 13.8. The first-order valence-electron chi connectivity index (χ1n) is 12.8. The van der Waals surface area contributed by atoms with E-state index in [2.05, 4.69) is 0 Å². The quantitative estimate of drug-likeness (QED) is 0.378. The number of Topliss-reactive ketones (excluding diaryl/α,β-unsaturated/α-hetero) is 1. The molecule has 0 aromatic heterocycles. The van der Waals surface area contributed by atoms with Crippen LogP contribution in [0.25, 0.3) is 0 Å². The molecule has 0 spiro atoms. The number of aryl methyl sites for hydroxylation is 1. The molecule has 1 aliphatic heterocycles. The van der Waals surface area contributed by atoms with Crippen LogP contribution in [0.4, 0.5) is 0 Å². The number of phenols is 1. The number of ether oxygens (including phenoxy) is 1. The summed E-state index contributed by atoms with van der Waals surface area (Å²) in [6.07, 6.45) is 3.34. The largest absolute Gasteiger partial charge is 0.508 e. The van der Waals surface area contributed by atoms with Gasteiger partial charge in [-0.1, -0.05) is 48.5 Å². The van der Waals surface area contributed by atoms with Gasteiger partial charge in [0.15, 0.2) is 5.78 Å². The second-order valence-electron chi connectivity index (χ2n) is 10.1. The van der Waals surface area contributed by atoms with Crippen LogP contribution in [0, 0.1) is 0 Å². The molecule has 1 N–H and O–H groups in total. The van der Waals surface area contributed by atoms with E-state index in [0.717, 1.165) is 47.1 Å². The maximum Gasteiger partial charge on any atom is 0.329 e. The second-order valence-corrected chi connectivity index (χ2v) is 10.1. The van der Waals surface area contributed by atoms with Crippen molar-refractivity contribution < 1.29 is 24.2 Å². The zero-order valence-electron chi connectivity index (χ0n) is 21.0. The highest BCUT2D eigenvalue weighted by atomic mass is 16.5. The van der Waals surface area contributed by atoms with Gasteiger partial charge in [0.1, 0.15) is 18.4 Å². The van der Waals surface area contributed by atoms with Gasteiger partial charge >= 0.3 is 5.97 Å². The number of nitrogens with zero attached hydrogens (tertiary/aromatic N) is 1. The van der Waals surface area contributed by atoms with Crippen LogP contribution in [0.5, 0.6) is 5.75 Å². The number of phenolic OH excluding ortho intramolecular Hbond substituents is 1. The highest BCUT2D eigenvalue weighted by molar-refractivity contribution is 5.94. The van der Waals surface area contributed by atoms with E-state index in [1.807, 2.05) is 48.5 Å². The predicted molar refractivity (Wildman–Crippen MR) is 139 cm³/mol. The molecule has 0 radical (unpaired) electrons. The van der Waals surface area contributed by atoms with Gasteiger partial charge in [-0.05, 0) is 78.1 Å². The van der Waals surface area contributed by atoms with E-state index in [4.69, 9.17) is 4.74 Å². The van der Waals surface area contributed by atoms with E-state index in [0.29, 0.717) is 12.0 Å². The number of hydrogen-bond donors (Lipinski definition) is 1. The molecule has 0 saturated heterocycles. The van der Waals surface area contributed by atoms with Crippen molar-refractivity contribution in [3.05, 3.63) is 100 Å². The van der Waals surface area contributed by atoms with Crippen molar-refractivity contribution in [3.63, 3.8) is 0 Å². The third-order valence-corrected chi connectivity index (χ3v) is 7.55. The molecule has 0 bridgehead atoms. The fourth-order valence-corrected chi connectivity index (χ4v) is 5.54. The van der Waals surface area contributed by atoms with Crippen LogP contribution in [0.2, 0.25) is 0 Å². The normalized spacial score (nSPS) is 18.5. The fourth-order valence-electron chi connectivity index (χ4n) is 5.54. The summed E-state index contributed by atoms with van der Waals surface area (Å²) in [4.78, 5) is 40.7. The van der Waals surface area contributed by atoms with Gasteiger partial charge in [0.2, 0.25) is 5.91 Å². The summed E-state index contributed by atoms with van der Waals surface area (Å²) in [7, 11) is 0. The fraction of sp³-hybridized carbons (Fsp3) is 0.323. The Morgan fingerprint density at radius 3 is 2.57 bits per heavy atom. The summed E-state index contributed by atoms with van der Waals surface area (Å²) >= 11 is 0. The summed E-state index contributed by atoms with van der Waals surface area (Å²) in [5.74, 6) is -0.297. The molecule has 37 heavy (non-hydrogen) atoms. The van der Waals surface area contributed by atoms with Crippen molar-refractivity contribution in [2.24, 2.45) is 0 Å². The zero-order chi connectivity index (χ0) is 25.9. The summed E-state index contributed by atoms with van der Waals surface area (Å²) in [5.41, 5.74) is 5.50. The maximum atomic E-state index is 13.8. The van der Waals surface area contributed by atoms with Crippen molar-refractivity contribution in [1.82, 2.24) is 4.90 Å². The first-order chi connectivity index (χ1) is 17.9. The number of esters is 1. The number of fused-ring (bicyclic) bond motifs is 2. The van der Waals surface area contributed by atoms with Crippen LogP contribution in [-0.2, 0) is 40.3 Å². The summed E-state index contributed by atoms with van der Waals surface area (Å²) in [5, 5.41) is 9.89. The molecule has 3 aromatic rings. The molecule has 190 valence electrons. The number of carbonyl (C=O) groups excluding carboxylic acids is 3. The van der Waals surface area contributed by atoms with E-state index in [9.17, 15) is 19.5 Å². The summed E-state index contributed by atoms with van der Waals surface area (Å²) in [6.45, 7) is 1.93. The average molecular weight is 498 g/mol. The summed E-state index contributed by atoms with van der Waals surface area (Å²) in [6, 6.07) is 19.6. The van der Waals surface area contributed by atoms with Crippen molar-refractivity contribution in [2.45, 2.75) is 64.1 Å². The van der Waals surface area contributed by atoms with Crippen LogP contribution in [0.3, 0.4) is 0 Å². The Hall–Kier alpha value is -3.93. The Kier molecular flexibility index (Phi) is 7.08. The number of aromatic hydroxyl groups is 1. The summed E-state index contributed by atoms with van der Waals surface area (Å²) < 4.78 is 5.67. The van der Waals surface area contributed by atoms with Gasteiger partial charge in [-0.3, -0.25) is 9.59 Å². The first kappa shape index (κ1) is 24.8. The molecule has 6 nitrogen and oxygen atoms in total. The molecule has 0 saturated carbocycles. The van der Waals surface area contributed by atoms with Gasteiger partial charge in [-0.25, -0.2) is 4.79 Å². The van der Waals surface area contributed by atoms with Crippen molar-refractivity contribution in [1.29, 1.82) is 0 Å². The van der Waals surface area contributed by atoms with Gasteiger partial charge in [0, 0.05) is 24.9 Å². The van der Waals surface area contributed by atoms with E-state index < -0.39 is 12.0 Å². The molecular formula is C31H31NO5. The minimum Gasteiger partial charge on any atom is -0.508 e. The molecule has 1 aliphatic carbocycles. The second kappa shape index (κ2) is 10.6. The third kappa shape index (κ3) is 5.43. The smallest absolute Gasteiger partial charge is 0.329 e. The molecule has 1 heterocycles. The lowest BCUT2D eigenvalue weighted by Crippen LogP contribution is -2.49. The van der Waals surface area contributed by atoms with Crippen molar-refractivity contribution >= 4 is 17.7 Å². The topological polar surface area (TPSA) is 83.9 Å². The highest BCUT2D eigenvalue weighted by Gasteiger charge is 2.37. The van der Waals surface area contributed by atoms with Crippen LogP contribution < -0.4 is 0 Å². The van der Waals surface area contributed by atoms with Gasteiger partial charge in [-0.2, -0.15) is 0 Å². The standard InChI is InChI=1S/C31H31NO5/c1-20(33)22-10-11-23-16-29(31(36)37-19-21-6-3-2-4-7-21)32(18-26(23)14-22)30(35)17-25-9-5-8-24-15-27(34)12-13-28(24)25/h2-4,6-7,10-15,25,29,34H,5,8-9,16-19H2,1H3/t25?,29-/m1/s1. The van der Waals surface area contributed by atoms with Gasteiger partial charge < -0.3 is 14.7 Å². The van der Waals surface area contributed by atoms with Crippen LogP contribution in [0.1, 0.15) is 70.3 Å². The van der Waals surface area contributed by atoms with Gasteiger partial charge in [-0.15, -0.1) is 0 Å². The Bertz CT molecular complexity index is 1330. The van der Waals surface area contributed by atoms with Crippen LogP contribution >= 0.6 is 0 Å². The molecule has 2 atom stereocenters. The number of carbonyl (C=O) groups is 3. The van der Waals surface area contributed by atoms with Crippen LogP contribution in [0.15, 0.2) is 66.7 Å². The number of hydrogen-bond acceptors (Lipinski definition) is 5. The molecule has 0 fully saturated rings. The number of benzene rings is 3. The molecular weight excluding hydrogens is 466 g/mol. The van der Waals surface area contributed by atoms with Crippen molar-refractivity contribution in [3.8, 4) is 5.75 Å². The van der Waals surface area contributed by atoms with E-state index in [-0.39, 0.29) is 42.9 Å². The van der Waals surface area contributed by atoms with Crippen LogP contribution in [-0.4, -0.2) is 33.7 Å². The minimum absolute atomic E-state index is 0.0304. The van der Waals surface area contributed by atoms with Gasteiger partial charge in [0.05, 0.1) is 0 Å². The Morgan fingerprint density at radius 1 is 0.973 bits per heavy atom. The SMILES string of the molecule is CC(=O)c1ccc2c(c1)CN(C(=O)CC1CCCc3cc(O)ccc31)[C@@H](C(=O)OCc1ccccc1)C2. The predicted octanol–water partition coefficient (Wildman–Crippen LogP) is 5.10. The molecule has 2 aliphatic rings. The molecule has 1 unspecified atom stereocenters. The lowest BCUT2D eigenvalue weighted by molar-refractivity contribution is -0.157. The number of ketones is 1. The highest BCUT2D eigenvalue weighted by Crippen LogP contribution is 2.37. The zero-order valence-corrected chi connectivity index (χ0v) is 21.0. The van der Waals surface area contributed by atoms with Gasteiger partial charge in [0.25, 0.3) is 0 Å². The molecule has 1 amide bonds. The molecule has 6 heteroatoms. The Balaban J connectivity index is 1.39. The van der Waals surface area contributed by atoms with E-state index >= 15 is 0 Å². The Labute approximate surface area is 216 Å². The third-order valence-electron chi connectivity index (χ3n) is 7.55. The van der Waals surface area contributed by atoms with E-state index in [1.165, 1.54) is 6.92 Å². The number of amides is 1.